The summed E-state index contributed by atoms with van der Waals surface area (Å²) in [6.07, 6.45) is -0.0184. The Labute approximate surface area is 394 Å². The highest BCUT2D eigenvalue weighted by molar-refractivity contribution is 7.92. The average Bonchev–Trinajstić information content (AvgIpc) is 3.34. The molecule has 6 aromatic rings. The van der Waals surface area contributed by atoms with Gasteiger partial charge in [-0.15, -0.1) is 20.2 Å². The molecule has 0 fully saturated rings. The Kier molecular flexibility index (Phi) is 16.1. The van der Waals surface area contributed by atoms with Crippen LogP contribution in [0.15, 0.2) is 120 Å². The van der Waals surface area contributed by atoms with E-state index in [-0.39, 0.29) is 55.8 Å². The van der Waals surface area contributed by atoms with Crippen LogP contribution < -0.4 is 23.7 Å². The number of sulfonamides is 1. The molecule has 2 aromatic heterocycles. The highest BCUT2D eigenvalue weighted by Crippen LogP contribution is 2.42. The Morgan fingerprint density at radius 1 is 0.739 bits per heavy atom. The molecule has 6 rings (SSSR count). The van der Waals surface area contributed by atoms with Crippen molar-refractivity contribution in [2.24, 2.45) is 0 Å². The lowest BCUT2D eigenvalue weighted by atomic mass is 9.88. The van der Waals surface area contributed by atoms with E-state index in [9.17, 15) is 38.2 Å². The van der Waals surface area contributed by atoms with E-state index in [1.165, 1.54) is 81.1 Å². The zero-order valence-corrected chi connectivity index (χ0v) is 38.4. The normalized spacial score (nSPS) is 11.6. The summed E-state index contributed by atoms with van der Waals surface area (Å²) >= 11 is 0. The number of nitrogens with one attached hydrogen (secondary N) is 1. The van der Waals surface area contributed by atoms with Crippen LogP contribution in [-0.2, 0) is 47.8 Å². The van der Waals surface area contributed by atoms with E-state index in [0.717, 1.165) is 5.56 Å². The molecule has 1 N–H and O–H groups in total. The maximum atomic E-state index is 14.2. The number of aromatic nitrogens is 3. The summed E-state index contributed by atoms with van der Waals surface area (Å²) in [5.74, 6) is -2.42. The highest BCUT2D eigenvalue weighted by Gasteiger charge is 2.29. The standard InChI is InChI=1S/C46H44N6O16S/c1-46(2,3)34-18-21-39(47-24-34)69(59,60)50-42-40(68-38-15-7-6-14-37(38)62-5)43(49-41(48-42)31-16-19-35(61-4)20-17-31)63-27-36(67-45(54)33-13-9-11-30(23-33)26-66-52(57)58)28-64-44(53)32-12-8-10-29(22-32)25-65-51(55)56/h6-24,36H,25-28H2,1-5H3,(H,48,49,50). The molecule has 22 nitrogen and oxygen atoms in total. The van der Waals surface area contributed by atoms with Gasteiger partial charge in [0.1, 0.15) is 32.2 Å². The topological polar surface area (TPSA) is 279 Å². The molecule has 4 aromatic carbocycles. The van der Waals surface area contributed by atoms with E-state index < -0.39 is 76.4 Å². The lowest BCUT2D eigenvalue weighted by molar-refractivity contribution is -0.763. The molecular formula is C46H44N6O16S. The first kappa shape index (κ1) is 49.8. The maximum absolute atomic E-state index is 14.2. The number of hydrogen-bond donors (Lipinski definition) is 1. The minimum absolute atomic E-state index is 0.0316. The molecule has 1 unspecified atom stereocenters. The van der Waals surface area contributed by atoms with Gasteiger partial charge >= 0.3 is 11.9 Å². The first-order valence-corrected chi connectivity index (χ1v) is 22.0. The Morgan fingerprint density at radius 3 is 1.93 bits per heavy atom. The van der Waals surface area contributed by atoms with Crippen molar-refractivity contribution in [3.05, 3.63) is 163 Å². The van der Waals surface area contributed by atoms with Crippen molar-refractivity contribution in [2.45, 2.75) is 50.5 Å². The smallest absolute Gasteiger partial charge is 0.338 e. The molecular weight excluding hydrogens is 925 g/mol. The second-order valence-corrected chi connectivity index (χ2v) is 17.2. The number of methoxy groups -OCH3 is 2. The zero-order valence-electron chi connectivity index (χ0n) is 37.6. The molecule has 0 spiro atoms. The number of carbonyl (C=O) groups is 2. The lowest BCUT2D eigenvalue weighted by Crippen LogP contribution is -2.31. The Morgan fingerprint density at radius 2 is 1.36 bits per heavy atom. The highest BCUT2D eigenvalue weighted by atomic mass is 32.2. The van der Waals surface area contributed by atoms with Gasteiger partial charge in [-0.05, 0) is 88.8 Å². The monoisotopic (exact) mass is 968 g/mol. The van der Waals surface area contributed by atoms with Crippen molar-refractivity contribution >= 4 is 27.8 Å². The van der Waals surface area contributed by atoms with Crippen molar-refractivity contribution in [1.29, 1.82) is 0 Å². The summed E-state index contributed by atoms with van der Waals surface area (Å²) in [7, 11) is -1.66. The minimum Gasteiger partial charge on any atom is -0.497 e. The largest absolute Gasteiger partial charge is 0.497 e. The molecule has 360 valence electrons. The lowest BCUT2D eigenvalue weighted by Gasteiger charge is -2.21. The van der Waals surface area contributed by atoms with Gasteiger partial charge in [0.2, 0.25) is 5.75 Å². The number of nitrogens with zero attached hydrogens (tertiary/aromatic N) is 5. The number of benzene rings is 4. The third-order valence-corrected chi connectivity index (χ3v) is 10.9. The number of pyridine rings is 1. The number of hydrogen-bond acceptors (Lipinski definition) is 19. The van der Waals surface area contributed by atoms with Crippen LogP contribution in [0.3, 0.4) is 0 Å². The van der Waals surface area contributed by atoms with Gasteiger partial charge in [-0.2, -0.15) is 13.4 Å². The van der Waals surface area contributed by atoms with Gasteiger partial charge in [0.15, 0.2) is 34.3 Å². The fraction of sp³-hybridized carbons (Fsp3) is 0.239. The van der Waals surface area contributed by atoms with Gasteiger partial charge in [-0.25, -0.2) is 19.6 Å². The van der Waals surface area contributed by atoms with E-state index in [1.54, 1.807) is 48.5 Å². The van der Waals surface area contributed by atoms with Crippen LogP contribution >= 0.6 is 0 Å². The van der Waals surface area contributed by atoms with E-state index >= 15 is 0 Å². The molecule has 0 aliphatic carbocycles. The van der Waals surface area contributed by atoms with Gasteiger partial charge in [0.05, 0.1) is 25.3 Å². The van der Waals surface area contributed by atoms with E-state index in [1.807, 2.05) is 20.8 Å². The Balaban J connectivity index is 1.42. The average molecular weight is 969 g/mol. The summed E-state index contributed by atoms with van der Waals surface area (Å²) in [5, 5.41) is 19.3. The number of ether oxygens (including phenoxy) is 6. The number of anilines is 1. The van der Waals surface area contributed by atoms with E-state index in [0.29, 0.717) is 11.3 Å². The third-order valence-electron chi connectivity index (χ3n) is 9.65. The predicted molar refractivity (Wildman–Crippen MR) is 242 cm³/mol. The molecule has 0 saturated carbocycles. The molecule has 0 radical (unpaired) electrons. The third kappa shape index (κ3) is 13.7. The molecule has 0 amide bonds. The van der Waals surface area contributed by atoms with Gasteiger partial charge in [-0.1, -0.05) is 63.2 Å². The summed E-state index contributed by atoms with van der Waals surface area (Å²) in [6.45, 7) is 3.60. The van der Waals surface area contributed by atoms with Gasteiger partial charge in [0, 0.05) is 11.8 Å². The van der Waals surface area contributed by atoms with Gasteiger partial charge in [-0.3, -0.25) is 4.72 Å². The first-order valence-electron chi connectivity index (χ1n) is 20.5. The SMILES string of the molecule is COc1ccc(-c2nc(NS(=O)(=O)c3ccc(C(C)(C)C)cn3)c(Oc3ccccc3OC)c(OCC(COC(=O)c3cccc(CO[N+](=O)[O-])c3)OC(=O)c3cccc(CO[N+](=O)[O-])c3)n2)cc1. The van der Waals surface area contributed by atoms with Crippen molar-refractivity contribution in [2.75, 3.05) is 32.2 Å². The summed E-state index contributed by atoms with van der Waals surface area (Å²) in [5.41, 5.74) is 1.22. The second kappa shape index (κ2) is 22.3. The van der Waals surface area contributed by atoms with Crippen molar-refractivity contribution in [1.82, 2.24) is 15.0 Å². The van der Waals surface area contributed by atoms with Crippen molar-refractivity contribution < 1.29 is 66.3 Å². The summed E-state index contributed by atoms with van der Waals surface area (Å²) < 4.78 is 65.6. The second-order valence-electron chi connectivity index (χ2n) is 15.6. The molecule has 0 aliphatic heterocycles. The van der Waals surface area contributed by atoms with Crippen LogP contribution in [0.5, 0.6) is 28.9 Å². The molecule has 0 aliphatic rings. The maximum Gasteiger partial charge on any atom is 0.338 e. The Bertz CT molecular complexity index is 2910. The van der Waals surface area contributed by atoms with Crippen LogP contribution in [0.25, 0.3) is 11.4 Å². The summed E-state index contributed by atoms with van der Waals surface area (Å²) in [6, 6.07) is 27.1. The quantitative estimate of drug-likeness (QED) is 0.0396. The predicted octanol–water partition coefficient (Wildman–Crippen LogP) is 7.32. The number of esters is 2. The fourth-order valence-corrected chi connectivity index (χ4v) is 7.06. The molecule has 2 heterocycles. The van der Waals surface area contributed by atoms with Gasteiger partial charge in [0.25, 0.3) is 26.1 Å². The number of carbonyl (C=O) groups excluding carboxylic acids is 2. The van der Waals surface area contributed by atoms with E-state index in [2.05, 4.69) is 29.3 Å². The summed E-state index contributed by atoms with van der Waals surface area (Å²) in [4.78, 5) is 71.0. The molecule has 69 heavy (non-hydrogen) atoms. The molecule has 0 bridgehead atoms. The minimum atomic E-state index is -4.53. The van der Waals surface area contributed by atoms with Crippen LogP contribution in [0, 0.1) is 20.2 Å². The first-order chi connectivity index (χ1) is 32.9. The number of para-hydroxylation sites is 2. The fourth-order valence-electron chi connectivity index (χ4n) is 6.12. The van der Waals surface area contributed by atoms with Crippen LogP contribution in [0.1, 0.15) is 58.2 Å². The van der Waals surface area contributed by atoms with Crippen molar-refractivity contribution in [3.63, 3.8) is 0 Å². The van der Waals surface area contributed by atoms with E-state index in [4.69, 9.17) is 28.4 Å². The van der Waals surface area contributed by atoms with Gasteiger partial charge < -0.3 is 38.1 Å². The Hall–Kier alpha value is -8.60. The molecule has 0 saturated heterocycles. The number of rotatable bonds is 22. The van der Waals surface area contributed by atoms with Crippen LogP contribution in [0.4, 0.5) is 5.82 Å². The van der Waals surface area contributed by atoms with Crippen LogP contribution in [0.2, 0.25) is 0 Å². The van der Waals surface area contributed by atoms with Crippen molar-refractivity contribution in [3.8, 4) is 40.3 Å². The molecule has 1 atom stereocenters. The molecule has 23 heteroatoms. The zero-order chi connectivity index (χ0) is 49.7. The van der Waals surface area contributed by atoms with Crippen LogP contribution in [-0.4, -0.2) is 79.0 Å².